The van der Waals surface area contributed by atoms with Crippen LogP contribution >= 0.6 is 23.4 Å². The van der Waals surface area contributed by atoms with E-state index in [1.807, 2.05) is 60.7 Å². The Morgan fingerprint density at radius 2 is 1.87 bits per heavy atom. The highest BCUT2D eigenvalue weighted by molar-refractivity contribution is 7.96. The Morgan fingerprint density at radius 1 is 1.04 bits per heavy atom. The molecule has 234 valence electrons. The molecular formula is C36H35N5O3S2. The largest absolute Gasteiger partial charge is 0.493 e. The van der Waals surface area contributed by atoms with Gasteiger partial charge in [0.15, 0.2) is 0 Å². The molecule has 3 heterocycles. The summed E-state index contributed by atoms with van der Waals surface area (Å²) in [4.78, 5) is 12.5. The van der Waals surface area contributed by atoms with Crippen molar-refractivity contribution in [2.45, 2.75) is 29.6 Å². The van der Waals surface area contributed by atoms with Crippen LogP contribution in [0.3, 0.4) is 0 Å². The van der Waals surface area contributed by atoms with Crippen LogP contribution < -0.4 is 10.1 Å². The van der Waals surface area contributed by atoms with E-state index in [-0.39, 0.29) is 6.10 Å². The topological polar surface area (TPSA) is 104 Å². The molecule has 10 heteroatoms. The van der Waals surface area contributed by atoms with E-state index < -0.39 is 0 Å². The van der Waals surface area contributed by atoms with Crippen LogP contribution in [0.2, 0.25) is 0 Å². The van der Waals surface area contributed by atoms with Crippen LogP contribution in [-0.4, -0.2) is 59.4 Å². The standard InChI is InChI=1S/C36H35N5O3S2/c1-43-46-35-31(23-37)33(27-12-5-11-26(21-27)25-9-3-2-4-10-25)34(45-35)32-16-17-38-36(40-32)39-28-13-6-15-30(22-28)44-20-8-19-41-18-7-14-29(42)24-41/h2-6,9-13,15-17,21-22,29,42H,7-8,14,18-20,24H2,1H3,(H,38,39,40). The van der Waals surface area contributed by atoms with Crippen molar-refractivity contribution in [3.63, 3.8) is 0 Å². The van der Waals surface area contributed by atoms with Gasteiger partial charge < -0.3 is 24.2 Å². The molecule has 0 aliphatic carbocycles. The average molecular weight is 650 g/mol. The average Bonchev–Trinajstić information content (AvgIpc) is 3.46. The molecule has 1 saturated heterocycles. The van der Waals surface area contributed by atoms with Gasteiger partial charge in [-0.2, -0.15) is 5.26 Å². The van der Waals surface area contributed by atoms with Gasteiger partial charge in [-0.05, 0) is 66.8 Å². The quantitative estimate of drug-likeness (QED) is 0.103. The zero-order valence-electron chi connectivity index (χ0n) is 25.6. The zero-order chi connectivity index (χ0) is 31.7. The van der Waals surface area contributed by atoms with Crippen LogP contribution in [0.4, 0.5) is 11.6 Å². The molecule has 0 saturated carbocycles. The number of piperidine rings is 1. The summed E-state index contributed by atoms with van der Waals surface area (Å²) in [7, 11) is 1.60. The molecule has 5 aromatic rings. The summed E-state index contributed by atoms with van der Waals surface area (Å²) in [5.74, 6) is 1.20. The van der Waals surface area contributed by atoms with E-state index in [0.29, 0.717) is 23.8 Å². The number of rotatable bonds is 12. The molecule has 1 atom stereocenters. The van der Waals surface area contributed by atoms with Crippen molar-refractivity contribution < 1.29 is 14.0 Å². The summed E-state index contributed by atoms with van der Waals surface area (Å²) in [5.41, 5.74) is 6.00. The summed E-state index contributed by atoms with van der Waals surface area (Å²) >= 11 is 2.67. The van der Waals surface area contributed by atoms with Gasteiger partial charge in [0.2, 0.25) is 5.95 Å². The SMILES string of the molecule is COSc1sc(-c2ccnc(Nc3cccc(OCCCN4CCCC(O)C4)c3)n2)c(-c2cccc(-c3ccccc3)c2)c1C#N. The van der Waals surface area contributed by atoms with Gasteiger partial charge in [-0.3, -0.25) is 0 Å². The first-order valence-electron chi connectivity index (χ1n) is 15.3. The van der Waals surface area contributed by atoms with Crippen LogP contribution in [-0.2, 0) is 4.18 Å². The Balaban J connectivity index is 1.22. The summed E-state index contributed by atoms with van der Waals surface area (Å²) in [6, 6.07) is 30.5. The number of hydrogen-bond donors (Lipinski definition) is 2. The van der Waals surface area contributed by atoms with Gasteiger partial charge in [0, 0.05) is 48.6 Å². The van der Waals surface area contributed by atoms with Crippen LogP contribution in [0, 0.1) is 11.3 Å². The molecule has 2 N–H and O–H groups in total. The highest BCUT2D eigenvalue weighted by Crippen LogP contribution is 2.47. The summed E-state index contributed by atoms with van der Waals surface area (Å²) < 4.78 is 12.2. The minimum Gasteiger partial charge on any atom is -0.493 e. The number of aromatic nitrogens is 2. The van der Waals surface area contributed by atoms with Crippen molar-refractivity contribution in [2.24, 2.45) is 0 Å². The van der Waals surface area contributed by atoms with Gasteiger partial charge in [0.25, 0.3) is 0 Å². The van der Waals surface area contributed by atoms with Crippen molar-refractivity contribution >= 4 is 35.0 Å². The Bertz CT molecular complexity index is 1810. The van der Waals surface area contributed by atoms with Gasteiger partial charge in [0.05, 0.1) is 36.0 Å². The van der Waals surface area contributed by atoms with Crippen molar-refractivity contribution in [2.75, 3.05) is 38.7 Å². The van der Waals surface area contributed by atoms with Gasteiger partial charge in [-0.15, -0.1) is 11.3 Å². The molecule has 0 bridgehead atoms. The smallest absolute Gasteiger partial charge is 0.227 e. The van der Waals surface area contributed by atoms with Crippen molar-refractivity contribution in [3.05, 3.63) is 96.7 Å². The number of aliphatic hydroxyl groups is 1. The second-order valence-electron chi connectivity index (χ2n) is 11.0. The van der Waals surface area contributed by atoms with Crippen LogP contribution in [0.15, 0.2) is 95.3 Å². The van der Waals surface area contributed by atoms with E-state index in [9.17, 15) is 10.4 Å². The van der Waals surface area contributed by atoms with Gasteiger partial charge in [-0.25, -0.2) is 9.97 Å². The third kappa shape index (κ3) is 7.76. The number of nitriles is 1. The number of nitrogens with zero attached hydrogens (tertiary/aromatic N) is 4. The number of thiophene rings is 1. The second-order valence-corrected chi connectivity index (χ2v) is 13.2. The zero-order valence-corrected chi connectivity index (χ0v) is 27.2. The van der Waals surface area contributed by atoms with Crippen LogP contribution in [0.25, 0.3) is 32.8 Å². The Kier molecular flexibility index (Phi) is 10.6. The van der Waals surface area contributed by atoms with E-state index in [1.54, 1.807) is 13.3 Å². The summed E-state index contributed by atoms with van der Waals surface area (Å²) in [6.45, 7) is 3.29. The van der Waals surface area contributed by atoms with E-state index in [1.165, 1.54) is 23.4 Å². The van der Waals surface area contributed by atoms with Crippen molar-refractivity contribution in [3.8, 4) is 44.6 Å². The first-order chi connectivity index (χ1) is 22.6. The number of nitrogens with one attached hydrogen (secondary N) is 1. The monoisotopic (exact) mass is 649 g/mol. The second kappa shape index (κ2) is 15.4. The van der Waals surface area contributed by atoms with Crippen LogP contribution in [0.5, 0.6) is 5.75 Å². The lowest BCUT2D eigenvalue weighted by atomic mass is 9.96. The Morgan fingerprint density at radius 3 is 2.70 bits per heavy atom. The summed E-state index contributed by atoms with van der Waals surface area (Å²) in [5, 5.41) is 23.5. The number of ether oxygens (including phenoxy) is 1. The highest BCUT2D eigenvalue weighted by Gasteiger charge is 2.23. The number of β-amino-alcohol motifs (C(OH)–C–C–N with tert-alkyl or cyclic N) is 1. The minimum atomic E-state index is -0.213. The predicted molar refractivity (Wildman–Crippen MR) is 185 cm³/mol. The fourth-order valence-electron chi connectivity index (χ4n) is 5.64. The van der Waals surface area contributed by atoms with Crippen molar-refractivity contribution in [1.29, 1.82) is 5.26 Å². The van der Waals surface area contributed by atoms with Crippen LogP contribution in [0.1, 0.15) is 24.8 Å². The van der Waals surface area contributed by atoms with Gasteiger partial charge in [-0.1, -0.05) is 54.6 Å². The lowest BCUT2D eigenvalue weighted by Gasteiger charge is -2.29. The summed E-state index contributed by atoms with van der Waals surface area (Å²) in [6.07, 6.45) is 4.34. The molecule has 3 aromatic carbocycles. The number of hydrogen-bond acceptors (Lipinski definition) is 10. The molecule has 8 nitrogen and oxygen atoms in total. The molecule has 0 spiro atoms. The fourth-order valence-corrected chi connectivity index (χ4v) is 7.59. The lowest BCUT2D eigenvalue weighted by molar-refractivity contribution is 0.0679. The number of anilines is 2. The van der Waals surface area contributed by atoms with E-state index in [4.69, 9.17) is 13.9 Å². The third-order valence-corrected chi connectivity index (χ3v) is 9.73. The molecule has 1 aliphatic heterocycles. The van der Waals surface area contributed by atoms with E-state index >= 15 is 0 Å². The maximum Gasteiger partial charge on any atom is 0.227 e. The molecule has 6 rings (SSSR count). The highest BCUT2D eigenvalue weighted by atomic mass is 32.2. The molecule has 1 unspecified atom stereocenters. The maximum atomic E-state index is 10.3. The molecule has 2 aromatic heterocycles. The fraction of sp³-hybridized carbons (Fsp3) is 0.250. The third-order valence-electron chi connectivity index (χ3n) is 7.75. The number of benzene rings is 3. The number of aliphatic hydroxyl groups excluding tert-OH is 1. The number of likely N-dealkylation sites (tertiary alicyclic amines) is 1. The first-order valence-corrected chi connectivity index (χ1v) is 16.8. The Hall–Kier alpha value is -4.24. The minimum absolute atomic E-state index is 0.213. The molecule has 0 radical (unpaired) electrons. The molecule has 46 heavy (non-hydrogen) atoms. The van der Waals surface area contributed by atoms with Gasteiger partial charge in [0.1, 0.15) is 16.0 Å². The molecular weight excluding hydrogens is 615 g/mol. The molecule has 1 aliphatic rings. The molecule has 0 amide bonds. The molecule has 1 fully saturated rings. The normalized spacial score (nSPS) is 14.9. The van der Waals surface area contributed by atoms with E-state index in [2.05, 4.69) is 45.5 Å². The van der Waals surface area contributed by atoms with E-state index in [0.717, 1.165) is 81.7 Å². The van der Waals surface area contributed by atoms with Crippen molar-refractivity contribution in [1.82, 2.24) is 14.9 Å². The lowest BCUT2D eigenvalue weighted by Crippen LogP contribution is -2.39. The Labute approximate surface area is 277 Å². The first kappa shape index (κ1) is 31.7. The predicted octanol–water partition coefficient (Wildman–Crippen LogP) is 8.03. The van der Waals surface area contributed by atoms with Gasteiger partial charge >= 0.3 is 0 Å². The maximum absolute atomic E-state index is 10.3.